The Hall–Kier alpha value is -1.35. The lowest BCUT2D eigenvalue weighted by Gasteiger charge is -2.26. The summed E-state index contributed by atoms with van der Waals surface area (Å²) in [6, 6.07) is 8.77. The van der Waals surface area contributed by atoms with Crippen molar-refractivity contribution in [2.75, 3.05) is 6.54 Å². The van der Waals surface area contributed by atoms with Gasteiger partial charge < -0.3 is 5.11 Å². The van der Waals surface area contributed by atoms with Gasteiger partial charge in [0.1, 0.15) is 6.04 Å². The Morgan fingerprint density at radius 1 is 1.32 bits per heavy atom. The van der Waals surface area contributed by atoms with Crippen molar-refractivity contribution in [2.45, 2.75) is 51.6 Å². The fraction of sp³-hybridized carbons (Fsp3) is 0.562. The molecule has 0 saturated heterocycles. The molecule has 1 aliphatic carbocycles. The Morgan fingerprint density at radius 2 is 1.89 bits per heavy atom. The van der Waals surface area contributed by atoms with E-state index in [1.54, 1.807) is 6.92 Å². The quantitative estimate of drug-likeness (QED) is 0.820. The highest BCUT2D eigenvalue weighted by molar-refractivity contribution is 5.73. The lowest BCUT2D eigenvalue weighted by molar-refractivity contribution is -0.142. The molecule has 1 aliphatic rings. The largest absolute Gasteiger partial charge is 0.480 e. The lowest BCUT2D eigenvalue weighted by Crippen LogP contribution is -2.41. The minimum absolute atomic E-state index is 0.373. The second-order valence-electron chi connectivity index (χ2n) is 5.40. The van der Waals surface area contributed by atoms with E-state index in [0.29, 0.717) is 6.04 Å². The third-order valence-electron chi connectivity index (χ3n) is 3.96. The summed E-state index contributed by atoms with van der Waals surface area (Å²) in [5.41, 5.74) is 2.64. The van der Waals surface area contributed by atoms with Crippen LogP contribution in [0.15, 0.2) is 24.3 Å². The number of hydrogen-bond donors (Lipinski definition) is 1. The highest BCUT2D eigenvalue weighted by Crippen LogP contribution is 2.28. The molecule has 0 amide bonds. The first kappa shape index (κ1) is 14.1. The van der Waals surface area contributed by atoms with Gasteiger partial charge in [0.15, 0.2) is 0 Å². The van der Waals surface area contributed by atoms with Gasteiger partial charge in [0, 0.05) is 12.6 Å². The van der Waals surface area contributed by atoms with E-state index in [0.717, 1.165) is 32.2 Å². The fourth-order valence-electron chi connectivity index (χ4n) is 2.44. The number of carboxylic acid groups (broad SMARTS) is 1. The number of nitrogens with zero attached hydrogens (tertiary/aromatic N) is 1. The maximum Gasteiger partial charge on any atom is 0.320 e. The number of aryl methyl sites for hydroxylation is 1. The summed E-state index contributed by atoms with van der Waals surface area (Å²) >= 11 is 0. The molecule has 0 spiro atoms. The van der Waals surface area contributed by atoms with Crippen molar-refractivity contribution in [1.82, 2.24) is 4.90 Å². The second-order valence-corrected chi connectivity index (χ2v) is 5.40. The molecule has 0 heterocycles. The van der Waals surface area contributed by atoms with E-state index < -0.39 is 5.97 Å². The molecule has 0 bridgehead atoms. The van der Waals surface area contributed by atoms with Crippen molar-refractivity contribution < 1.29 is 9.90 Å². The molecule has 1 aromatic carbocycles. The standard InChI is InChI=1S/C16H23NO2/c1-3-13-4-6-14(7-5-13)10-11-17(15-8-9-15)12(2)16(18)19/h4-7,12,15H,3,8-11H2,1-2H3,(H,18,19). The number of aliphatic carboxylic acids is 1. The van der Waals surface area contributed by atoms with Gasteiger partial charge in [-0.15, -0.1) is 0 Å². The van der Waals surface area contributed by atoms with Gasteiger partial charge in [0.25, 0.3) is 0 Å². The molecular weight excluding hydrogens is 238 g/mol. The van der Waals surface area contributed by atoms with Gasteiger partial charge in [0.2, 0.25) is 0 Å². The van der Waals surface area contributed by atoms with Gasteiger partial charge in [-0.2, -0.15) is 0 Å². The lowest BCUT2D eigenvalue weighted by atomic mass is 10.1. The van der Waals surface area contributed by atoms with Gasteiger partial charge in [-0.3, -0.25) is 9.69 Å². The molecule has 1 N–H and O–H groups in total. The van der Waals surface area contributed by atoms with Crippen molar-refractivity contribution in [1.29, 1.82) is 0 Å². The predicted molar refractivity (Wildman–Crippen MR) is 76.3 cm³/mol. The molecule has 3 nitrogen and oxygen atoms in total. The summed E-state index contributed by atoms with van der Waals surface area (Å²) in [6.07, 6.45) is 4.28. The second kappa shape index (κ2) is 6.20. The summed E-state index contributed by atoms with van der Waals surface area (Å²) in [5.74, 6) is -0.715. The average Bonchev–Trinajstić information content (AvgIpc) is 3.24. The van der Waals surface area contributed by atoms with Crippen LogP contribution in [-0.4, -0.2) is 34.6 Å². The third kappa shape index (κ3) is 3.80. The van der Waals surface area contributed by atoms with Crippen molar-refractivity contribution >= 4 is 5.97 Å². The molecule has 1 fully saturated rings. The number of carbonyl (C=O) groups is 1. The van der Waals surface area contributed by atoms with E-state index in [1.807, 2.05) is 0 Å². The normalized spacial score (nSPS) is 16.6. The van der Waals surface area contributed by atoms with Crippen molar-refractivity contribution in [3.63, 3.8) is 0 Å². The van der Waals surface area contributed by atoms with Crippen LogP contribution in [0.4, 0.5) is 0 Å². The zero-order valence-electron chi connectivity index (χ0n) is 11.8. The molecule has 19 heavy (non-hydrogen) atoms. The van der Waals surface area contributed by atoms with E-state index in [1.165, 1.54) is 11.1 Å². The highest BCUT2D eigenvalue weighted by atomic mass is 16.4. The molecule has 0 radical (unpaired) electrons. The Bertz CT molecular complexity index is 423. The first-order chi connectivity index (χ1) is 9.11. The number of hydrogen-bond acceptors (Lipinski definition) is 2. The monoisotopic (exact) mass is 261 g/mol. The molecule has 3 heteroatoms. The van der Waals surface area contributed by atoms with E-state index >= 15 is 0 Å². The summed E-state index contributed by atoms with van der Waals surface area (Å²) < 4.78 is 0. The van der Waals surface area contributed by atoms with Crippen LogP contribution in [-0.2, 0) is 17.6 Å². The van der Waals surface area contributed by atoms with Crippen LogP contribution in [0.3, 0.4) is 0 Å². The summed E-state index contributed by atoms with van der Waals surface area (Å²) in [4.78, 5) is 13.3. The number of carboxylic acids is 1. The SMILES string of the molecule is CCc1ccc(CCN(C2CC2)C(C)C(=O)O)cc1. The molecule has 1 unspecified atom stereocenters. The summed E-state index contributed by atoms with van der Waals surface area (Å²) in [5, 5.41) is 9.15. The molecule has 2 rings (SSSR count). The fourth-order valence-corrected chi connectivity index (χ4v) is 2.44. The maximum absolute atomic E-state index is 11.1. The van der Waals surface area contributed by atoms with Crippen LogP contribution >= 0.6 is 0 Å². The third-order valence-corrected chi connectivity index (χ3v) is 3.96. The molecular formula is C16H23NO2. The molecule has 0 aliphatic heterocycles. The predicted octanol–water partition coefficient (Wildman–Crippen LogP) is 2.73. The molecule has 0 aromatic heterocycles. The minimum Gasteiger partial charge on any atom is -0.480 e. The van der Waals surface area contributed by atoms with Crippen LogP contribution < -0.4 is 0 Å². The number of benzene rings is 1. The first-order valence-corrected chi connectivity index (χ1v) is 7.18. The van der Waals surface area contributed by atoms with Gasteiger partial charge in [-0.1, -0.05) is 31.2 Å². The zero-order chi connectivity index (χ0) is 13.8. The van der Waals surface area contributed by atoms with Crippen molar-refractivity contribution in [3.8, 4) is 0 Å². The van der Waals surface area contributed by atoms with Gasteiger partial charge in [0.05, 0.1) is 0 Å². The smallest absolute Gasteiger partial charge is 0.320 e. The van der Waals surface area contributed by atoms with Crippen LogP contribution in [0, 0.1) is 0 Å². The first-order valence-electron chi connectivity index (χ1n) is 7.18. The van der Waals surface area contributed by atoms with Crippen LogP contribution in [0.1, 0.15) is 37.8 Å². The minimum atomic E-state index is -0.715. The zero-order valence-corrected chi connectivity index (χ0v) is 11.8. The number of rotatable bonds is 7. The highest BCUT2D eigenvalue weighted by Gasteiger charge is 2.34. The van der Waals surface area contributed by atoms with E-state index in [4.69, 9.17) is 5.11 Å². The van der Waals surface area contributed by atoms with Gasteiger partial charge in [-0.25, -0.2) is 0 Å². The van der Waals surface area contributed by atoms with Crippen LogP contribution in [0.25, 0.3) is 0 Å². The average molecular weight is 261 g/mol. The van der Waals surface area contributed by atoms with Crippen molar-refractivity contribution in [3.05, 3.63) is 35.4 Å². The Kier molecular flexibility index (Phi) is 4.59. The maximum atomic E-state index is 11.1. The Balaban J connectivity index is 1.92. The molecule has 1 aromatic rings. The van der Waals surface area contributed by atoms with E-state index in [-0.39, 0.29) is 6.04 Å². The summed E-state index contributed by atoms with van der Waals surface area (Å²) in [6.45, 7) is 4.78. The van der Waals surface area contributed by atoms with E-state index in [9.17, 15) is 4.79 Å². The van der Waals surface area contributed by atoms with Gasteiger partial charge in [-0.05, 0) is 43.7 Å². The summed E-state index contributed by atoms with van der Waals surface area (Å²) in [7, 11) is 0. The van der Waals surface area contributed by atoms with Crippen molar-refractivity contribution in [2.24, 2.45) is 0 Å². The van der Waals surface area contributed by atoms with Gasteiger partial charge >= 0.3 is 5.97 Å². The van der Waals surface area contributed by atoms with Crippen LogP contribution in [0.2, 0.25) is 0 Å². The van der Waals surface area contributed by atoms with Crippen LogP contribution in [0.5, 0.6) is 0 Å². The molecule has 104 valence electrons. The Morgan fingerprint density at radius 3 is 2.37 bits per heavy atom. The van der Waals surface area contributed by atoms with E-state index in [2.05, 4.69) is 36.1 Å². The topological polar surface area (TPSA) is 40.5 Å². The molecule has 1 saturated carbocycles. The Labute approximate surface area is 115 Å². The molecule has 1 atom stereocenters.